The number of aromatic nitrogens is 1. The van der Waals surface area contributed by atoms with Crippen molar-refractivity contribution in [3.63, 3.8) is 0 Å². The molecular formula is C36H24F3N. The fraction of sp³-hybridized carbons (Fsp3) is 0.0833. The number of hydrogen-bond acceptors (Lipinski definition) is 1. The van der Waals surface area contributed by atoms with Crippen molar-refractivity contribution < 1.29 is 13.2 Å². The molecule has 0 N–H and O–H groups in total. The van der Waals surface area contributed by atoms with Gasteiger partial charge in [-0.2, -0.15) is 13.2 Å². The lowest BCUT2D eigenvalue weighted by Crippen LogP contribution is -2.06. The average Bonchev–Trinajstić information content (AvgIpc) is 2.95. The van der Waals surface area contributed by atoms with Gasteiger partial charge in [-0.15, -0.1) is 0 Å². The molecule has 0 spiro atoms. The molecule has 4 heteroatoms. The zero-order chi connectivity index (χ0) is 27.6. The Balaban J connectivity index is 1.42. The predicted octanol–water partition coefficient (Wildman–Crippen LogP) is 10.7. The topological polar surface area (TPSA) is 12.9 Å². The van der Waals surface area contributed by atoms with E-state index in [2.05, 4.69) is 73.4 Å². The lowest BCUT2D eigenvalue weighted by Gasteiger charge is -2.15. The molecule has 40 heavy (non-hydrogen) atoms. The zero-order valence-electron chi connectivity index (χ0n) is 22.0. The summed E-state index contributed by atoms with van der Waals surface area (Å²) in [6, 6.07) is 32.9. The first-order valence-corrected chi connectivity index (χ1v) is 13.2. The van der Waals surface area contributed by atoms with Gasteiger partial charge in [0.05, 0.1) is 11.3 Å². The van der Waals surface area contributed by atoms with Crippen molar-refractivity contribution in [2.75, 3.05) is 0 Å². The van der Waals surface area contributed by atoms with Crippen LogP contribution in [0.15, 0.2) is 109 Å². The summed E-state index contributed by atoms with van der Waals surface area (Å²) in [4.78, 5) is 4.57. The second kappa shape index (κ2) is 8.92. The molecule has 0 aliphatic carbocycles. The van der Waals surface area contributed by atoms with Gasteiger partial charge in [0.15, 0.2) is 0 Å². The third-order valence-electron chi connectivity index (χ3n) is 7.89. The maximum atomic E-state index is 14.0. The number of nitrogens with zero attached hydrogens (tertiary/aromatic N) is 1. The summed E-state index contributed by atoms with van der Waals surface area (Å²) in [5.41, 5.74) is 5.23. The number of pyridine rings is 1. The number of alkyl halides is 3. The van der Waals surface area contributed by atoms with Crippen molar-refractivity contribution in [1.82, 2.24) is 4.98 Å². The first-order valence-electron chi connectivity index (χ1n) is 13.2. The molecule has 0 aliphatic heterocycles. The number of aryl methyl sites for hydroxylation is 2. The third-order valence-corrected chi connectivity index (χ3v) is 7.89. The van der Waals surface area contributed by atoms with Gasteiger partial charge in [0.25, 0.3) is 0 Å². The first kappa shape index (κ1) is 24.3. The number of fused-ring (bicyclic) bond motifs is 6. The Kier molecular flexibility index (Phi) is 5.43. The largest absolute Gasteiger partial charge is 0.417 e. The van der Waals surface area contributed by atoms with Gasteiger partial charge in [-0.3, -0.25) is 4.98 Å². The standard InChI is InChI=1S/C36H24F3N/c1-21-7-10-27(22(2)17-21)24-8-11-28-25(18-24)9-12-31-30(28)13-14-33-32(31)15-16-40-35(33)26-19-23-5-3-4-6-29(23)34(20-26)36(37,38)39/h3-20H,1-2H3. The van der Waals surface area contributed by atoms with E-state index < -0.39 is 11.7 Å². The summed E-state index contributed by atoms with van der Waals surface area (Å²) < 4.78 is 42.1. The van der Waals surface area contributed by atoms with E-state index in [9.17, 15) is 13.2 Å². The normalized spacial score (nSPS) is 12.1. The molecule has 0 unspecified atom stereocenters. The Morgan fingerprint density at radius 1 is 0.550 bits per heavy atom. The van der Waals surface area contributed by atoms with E-state index >= 15 is 0 Å². The third kappa shape index (κ3) is 3.91. The average molecular weight is 528 g/mol. The summed E-state index contributed by atoms with van der Waals surface area (Å²) in [5.74, 6) is 0. The molecule has 7 rings (SSSR count). The Hall–Kier alpha value is -4.70. The molecule has 7 aromatic rings. The minimum Gasteiger partial charge on any atom is -0.256 e. The highest BCUT2D eigenvalue weighted by Gasteiger charge is 2.33. The van der Waals surface area contributed by atoms with E-state index in [0.29, 0.717) is 16.6 Å². The van der Waals surface area contributed by atoms with Crippen molar-refractivity contribution in [3.8, 4) is 22.4 Å². The van der Waals surface area contributed by atoms with Crippen LogP contribution in [0.4, 0.5) is 13.2 Å². The van der Waals surface area contributed by atoms with Crippen LogP contribution in [0.1, 0.15) is 16.7 Å². The van der Waals surface area contributed by atoms with Gasteiger partial charge in [-0.05, 0) is 92.5 Å². The van der Waals surface area contributed by atoms with Crippen molar-refractivity contribution >= 4 is 43.1 Å². The van der Waals surface area contributed by atoms with Crippen LogP contribution < -0.4 is 0 Å². The van der Waals surface area contributed by atoms with E-state index in [4.69, 9.17) is 0 Å². The molecule has 0 aliphatic rings. The molecule has 0 radical (unpaired) electrons. The summed E-state index contributed by atoms with van der Waals surface area (Å²) >= 11 is 0. The fourth-order valence-corrected chi connectivity index (χ4v) is 6.03. The van der Waals surface area contributed by atoms with Crippen molar-refractivity contribution in [2.24, 2.45) is 0 Å². The van der Waals surface area contributed by atoms with Gasteiger partial charge >= 0.3 is 6.18 Å². The Labute approximate surface area is 229 Å². The molecule has 0 fully saturated rings. The second-order valence-electron chi connectivity index (χ2n) is 10.5. The van der Waals surface area contributed by atoms with Crippen molar-refractivity contribution in [2.45, 2.75) is 20.0 Å². The molecule has 6 aromatic carbocycles. The monoisotopic (exact) mass is 527 g/mol. The van der Waals surface area contributed by atoms with Gasteiger partial charge in [-0.25, -0.2) is 0 Å². The smallest absolute Gasteiger partial charge is 0.256 e. The van der Waals surface area contributed by atoms with Gasteiger partial charge in [-0.1, -0.05) is 84.4 Å². The van der Waals surface area contributed by atoms with E-state index in [1.165, 1.54) is 34.4 Å². The molecule has 0 atom stereocenters. The molecule has 0 bridgehead atoms. The first-order chi connectivity index (χ1) is 19.3. The minimum atomic E-state index is -4.47. The van der Waals surface area contributed by atoms with Gasteiger partial charge in [0.2, 0.25) is 0 Å². The molecule has 1 aromatic heterocycles. The molecule has 1 nitrogen and oxygen atoms in total. The molecule has 0 amide bonds. The van der Waals surface area contributed by atoms with Gasteiger partial charge < -0.3 is 0 Å². The van der Waals surface area contributed by atoms with Crippen LogP contribution in [0.2, 0.25) is 0 Å². The summed E-state index contributed by atoms with van der Waals surface area (Å²) in [6.45, 7) is 4.24. The molecule has 1 heterocycles. The summed E-state index contributed by atoms with van der Waals surface area (Å²) in [5, 5.41) is 6.94. The summed E-state index contributed by atoms with van der Waals surface area (Å²) in [7, 11) is 0. The maximum Gasteiger partial charge on any atom is 0.417 e. The minimum absolute atomic E-state index is 0.191. The molecule has 0 saturated carbocycles. The lowest BCUT2D eigenvalue weighted by molar-refractivity contribution is -0.136. The number of benzene rings is 6. The van der Waals surface area contributed by atoms with Gasteiger partial charge in [0.1, 0.15) is 0 Å². The second-order valence-corrected chi connectivity index (χ2v) is 10.5. The Morgan fingerprint density at radius 3 is 2.05 bits per heavy atom. The number of halogens is 3. The van der Waals surface area contributed by atoms with Gasteiger partial charge in [0, 0.05) is 17.1 Å². The highest BCUT2D eigenvalue weighted by atomic mass is 19.4. The van der Waals surface area contributed by atoms with E-state index in [0.717, 1.165) is 32.3 Å². The number of rotatable bonds is 2. The SMILES string of the molecule is Cc1ccc(-c2ccc3c(ccc4c5ccnc(-c6cc(C(F)(F)F)c7ccccc7c6)c5ccc34)c2)c(C)c1. The van der Waals surface area contributed by atoms with Crippen molar-refractivity contribution in [1.29, 1.82) is 0 Å². The lowest BCUT2D eigenvalue weighted by atomic mass is 9.92. The van der Waals surface area contributed by atoms with E-state index in [1.807, 2.05) is 12.1 Å². The number of hydrogen-bond donors (Lipinski definition) is 0. The molecular weight excluding hydrogens is 503 g/mol. The van der Waals surface area contributed by atoms with Crippen molar-refractivity contribution in [3.05, 3.63) is 126 Å². The van der Waals surface area contributed by atoms with Crippen LogP contribution in [0.3, 0.4) is 0 Å². The van der Waals surface area contributed by atoms with E-state index in [1.54, 1.807) is 30.5 Å². The zero-order valence-corrected chi connectivity index (χ0v) is 22.0. The maximum absolute atomic E-state index is 14.0. The fourth-order valence-electron chi connectivity index (χ4n) is 6.03. The van der Waals surface area contributed by atoms with Crippen LogP contribution in [-0.4, -0.2) is 4.98 Å². The Morgan fingerprint density at radius 2 is 1.23 bits per heavy atom. The Bertz CT molecular complexity index is 2120. The summed E-state index contributed by atoms with van der Waals surface area (Å²) in [6.07, 6.45) is -2.78. The van der Waals surface area contributed by atoms with Crippen LogP contribution in [0.5, 0.6) is 0 Å². The van der Waals surface area contributed by atoms with Crippen LogP contribution in [0.25, 0.3) is 65.5 Å². The highest BCUT2D eigenvalue weighted by Crippen LogP contribution is 2.41. The molecule has 0 saturated heterocycles. The van der Waals surface area contributed by atoms with Crippen LogP contribution >= 0.6 is 0 Å². The van der Waals surface area contributed by atoms with Crippen LogP contribution in [0, 0.1) is 13.8 Å². The van der Waals surface area contributed by atoms with Crippen LogP contribution in [-0.2, 0) is 6.18 Å². The quantitative estimate of drug-likeness (QED) is 0.204. The molecule has 194 valence electrons. The van der Waals surface area contributed by atoms with E-state index in [-0.39, 0.29) is 5.39 Å². The highest BCUT2D eigenvalue weighted by molar-refractivity contribution is 6.19. The predicted molar refractivity (Wildman–Crippen MR) is 160 cm³/mol.